The van der Waals surface area contributed by atoms with Gasteiger partial charge in [0.15, 0.2) is 0 Å². The van der Waals surface area contributed by atoms with Crippen molar-refractivity contribution in [3.8, 4) is 0 Å². The summed E-state index contributed by atoms with van der Waals surface area (Å²) >= 11 is 0. The Kier molecular flexibility index (Phi) is 3.52. The average molecular weight is 192 g/mol. The molecule has 1 rings (SSSR count). The molecular weight excluding hydrogens is 183 g/mol. The summed E-state index contributed by atoms with van der Waals surface area (Å²) in [5.74, 6) is -0.387. The van der Waals surface area contributed by atoms with E-state index in [2.05, 4.69) is 10.0 Å². The molecule has 0 aromatic heterocycles. The van der Waals surface area contributed by atoms with E-state index >= 15 is 0 Å². The highest BCUT2D eigenvalue weighted by atomic mass is 19.1. The predicted octanol–water partition coefficient (Wildman–Crippen LogP) is 2.73. The van der Waals surface area contributed by atoms with Crippen molar-refractivity contribution >= 4 is 11.8 Å². The lowest BCUT2D eigenvalue weighted by Crippen LogP contribution is -1.92. The summed E-state index contributed by atoms with van der Waals surface area (Å²) in [4.78, 5) is 2.56. The zero-order valence-electron chi connectivity index (χ0n) is 7.39. The van der Waals surface area contributed by atoms with Gasteiger partial charge < -0.3 is 5.73 Å². The Morgan fingerprint density at radius 2 is 2.36 bits per heavy atom. The Bertz CT molecular complexity index is 374. The largest absolute Gasteiger partial charge is 0.398 e. The van der Waals surface area contributed by atoms with Crippen molar-refractivity contribution < 1.29 is 4.39 Å². The molecule has 0 amide bonds. The standard InChI is InChI=1S/C9H9FN4/c10-8-4-1-5-9(11)7(8)3-2-6-13-14-12/h1-5H,6,11H2. The molecule has 0 bridgehead atoms. The van der Waals surface area contributed by atoms with Crippen molar-refractivity contribution in [3.63, 3.8) is 0 Å². The van der Waals surface area contributed by atoms with E-state index in [1.54, 1.807) is 12.1 Å². The Morgan fingerprint density at radius 1 is 1.57 bits per heavy atom. The molecule has 4 nitrogen and oxygen atoms in total. The highest BCUT2D eigenvalue weighted by molar-refractivity contribution is 5.64. The summed E-state index contributed by atoms with van der Waals surface area (Å²) in [6.45, 7) is 0.185. The summed E-state index contributed by atoms with van der Waals surface area (Å²) in [5.41, 5.74) is 14.2. The number of nitrogens with two attached hydrogens (primary N) is 1. The number of hydrogen-bond acceptors (Lipinski definition) is 2. The Balaban J connectivity index is 2.85. The van der Waals surface area contributed by atoms with E-state index in [1.165, 1.54) is 18.2 Å². The second-order valence-corrected chi connectivity index (χ2v) is 2.56. The summed E-state index contributed by atoms with van der Waals surface area (Å²) in [6, 6.07) is 4.47. The summed E-state index contributed by atoms with van der Waals surface area (Å²) in [6.07, 6.45) is 3.05. The van der Waals surface area contributed by atoms with Crippen LogP contribution in [0.5, 0.6) is 0 Å². The molecule has 0 unspecified atom stereocenters. The normalized spacial score (nSPS) is 10.1. The van der Waals surface area contributed by atoms with Crippen LogP contribution in [0.25, 0.3) is 16.5 Å². The van der Waals surface area contributed by atoms with Gasteiger partial charge in [-0.3, -0.25) is 0 Å². The van der Waals surface area contributed by atoms with Crippen LogP contribution in [-0.2, 0) is 0 Å². The molecule has 0 aliphatic heterocycles. The van der Waals surface area contributed by atoms with Crippen LogP contribution in [-0.4, -0.2) is 6.54 Å². The first-order valence-corrected chi connectivity index (χ1v) is 3.97. The van der Waals surface area contributed by atoms with Crippen molar-refractivity contribution in [2.45, 2.75) is 0 Å². The molecule has 14 heavy (non-hydrogen) atoms. The lowest BCUT2D eigenvalue weighted by molar-refractivity contribution is 0.626. The van der Waals surface area contributed by atoms with Crippen molar-refractivity contribution in [1.82, 2.24) is 0 Å². The van der Waals surface area contributed by atoms with Crippen LogP contribution < -0.4 is 5.73 Å². The van der Waals surface area contributed by atoms with Crippen molar-refractivity contribution in [2.24, 2.45) is 5.11 Å². The molecule has 0 spiro atoms. The molecule has 0 saturated carbocycles. The van der Waals surface area contributed by atoms with Crippen LogP contribution in [0.1, 0.15) is 5.56 Å². The summed E-state index contributed by atoms with van der Waals surface area (Å²) in [7, 11) is 0. The zero-order valence-corrected chi connectivity index (χ0v) is 7.39. The highest BCUT2D eigenvalue weighted by Crippen LogP contribution is 2.16. The Labute approximate surface area is 80.5 Å². The van der Waals surface area contributed by atoms with Crippen molar-refractivity contribution in [1.29, 1.82) is 0 Å². The SMILES string of the molecule is [N-]=[N+]=NCC=Cc1c(N)cccc1F. The number of benzene rings is 1. The third kappa shape index (κ3) is 2.50. The maximum absolute atomic E-state index is 13.1. The number of halogens is 1. The van der Waals surface area contributed by atoms with Crippen molar-refractivity contribution in [3.05, 3.63) is 46.1 Å². The van der Waals surface area contributed by atoms with Gasteiger partial charge in [0.2, 0.25) is 0 Å². The van der Waals surface area contributed by atoms with Crippen LogP contribution in [0.2, 0.25) is 0 Å². The van der Waals surface area contributed by atoms with Crippen LogP contribution in [0, 0.1) is 5.82 Å². The number of azide groups is 1. The molecule has 0 heterocycles. The highest BCUT2D eigenvalue weighted by Gasteiger charge is 2.00. The molecule has 0 aliphatic carbocycles. The fraction of sp³-hybridized carbons (Fsp3) is 0.111. The molecule has 0 atom stereocenters. The van der Waals surface area contributed by atoms with Gasteiger partial charge in [-0.25, -0.2) is 4.39 Å². The maximum Gasteiger partial charge on any atom is 0.132 e. The fourth-order valence-electron chi connectivity index (χ4n) is 0.984. The average Bonchev–Trinajstić information content (AvgIpc) is 2.16. The monoisotopic (exact) mass is 192 g/mol. The van der Waals surface area contributed by atoms with Gasteiger partial charge in [0, 0.05) is 22.7 Å². The molecule has 72 valence electrons. The zero-order chi connectivity index (χ0) is 10.4. The first-order valence-electron chi connectivity index (χ1n) is 3.97. The number of rotatable bonds is 3. The molecule has 5 heteroatoms. The maximum atomic E-state index is 13.1. The van der Waals surface area contributed by atoms with E-state index < -0.39 is 0 Å². The Morgan fingerprint density at radius 3 is 3.00 bits per heavy atom. The predicted molar refractivity (Wildman–Crippen MR) is 53.9 cm³/mol. The molecule has 1 aromatic rings. The quantitative estimate of drug-likeness (QED) is 0.340. The topological polar surface area (TPSA) is 74.8 Å². The minimum atomic E-state index is -0.387. The van der Waals surface area contributed by atoms with Gasteiger partial charge in [0.05, 0.1) is 0 Å². The van der Waals surface area contributed by atoms with E-state index in [9.17, 15) is 4.39 Å². The second kappa shape index (κ2) is 4.89. The van der Waals surface area contributed by atoms with Crippen molar-refractivity contribution in [2.75, 3.05) is 12.3 Å². The van der Waals surface area contributed by atoms with E-state index in [0.29, 0.717) is 11.3 Å². The molecule has 0 fully saturated rings. The number of hydrogen-bond donors (Lipinski definition) is 1. The third-order valence-electron chi connectivity index (χ3n) is 1.62. The Hall–Kier alpha value is -2.00. The summed E-state index contributed by atoms with van der Waals surface area (Å²) < 4.78 is 13.1. The lowest BCUT2D eigenvalue weighted by atomic mass is 10.1. The lowest BCUT2D eigenvalue weighted by Gasteiger charge is -2.00. The summed E-state index contributed by atoms with van der Waals surface area (Å²) in [5, 5.41) is 3.28. The third-order valence-corrected chi connectivity index (χ3v) is 1.62. The van der Waals surface area contributed by atoms with Crippen LogP contribution in [0.3, 0.4) is 0 Å². The first kappa shape index (κ1) is 10.1. The van der Waals surface area contributed by atoms with E-state index in [4.69, 9.17) is 11.3 Å². The van der Waals surface area contributed by atoms with Gasteiger partial charge in [-0.2, -0.15) is 0 Å². The van der Waals surface area contributed by atoms with Gasteiger partial charge in [-0.05, 0) is 17.7 Å². The molecule has 1 aromatic carbocycles. The first-order chi connectivity index (χ1) is 6.75. The fourth-order valence-corrected chi connectivity index (χ4v) is 0.984. The van der Waals surface area contributed by atoms with Crippen LogP contribution in [0.15, 0.2) is 29.4 Å². The van der Waals surface area contributed by atoms with Gasteiger partial charge in [-0.1, -0.05) is 23.3 Å². The number of nitrogens with zero attached hydrogens (tertiary/aromatic N) is 3. The molecular formula is C9H9FN4. The minimum Gasteiger partial charge on any atom is -0.398 e. The van der Waals surface area contributed by atoms with Gasteiger partial charge in [0.1, 0.15) is 5.82 Å². The molecule has 0 aliphatic rings. The van der Waals surface area contributed by atoms with Crippen LogP contribution in [0.4, 0.5) is 10.1 Å². The van der Waals surface area contributed by atoms with E-state index in [-0.39, 0.29) is 12.4 Å². The molecule has 2 N–H and O–H groups in total. The van der Waals surface area contributed by atoms with Gasteiger partial charge >= 0.3 is 0 Å². The second-order valence-electron chi connectivity index (χ2n) is 2.56. The molecule has 0 saturated heterocycles. The van der Waals surface area contributed by atoms with Gasteiger partial charge in [0.25, 0.3) is 0 Å². The van der Waals surface area contributed by atoms with E-state index in [1.807, 2.05) is 0 Å². The number of anilines is 1. The smallest absolute Gasteiger partial charge is 0.132 e. The minimum absolute atomic E-state index is 0.185. The molecule has 0 radical (unpaired) electrons. The number of nitrogen functional groups attached to an aromatic ring is 1. The van der Waals surface area contributed by atoms with Gasteiger partial charge in [-0.15, -0.1) is 0 Å². The van der Waals surface area contributed by atoms with E-state index in [0.717, 1.165) is 0 Å². The van der Waals surface area contributed by atoms with Crippen LogP contribution >= 0.6 is 0 Å².